The van der Waals surface area contributed by atoms with Gasteiger partial charge in [-0.1, -0.05) is 19.1 Å². The summed E-state index contributed by atoms with van der Waals surface area (Å²) in [5, 5.41) is 18.1. The van der Waals surface area contributed by atoms with Crippen molar-refractivity contribution in [1.29, 1.82) is 0 Å². The summed E-state index contributed by atoms with van der Waals surface area (Å²) in [5.74, 6) is 0.247. The third kappa shape index (κ3) is 2.25. The van der Waals surface area contributed by atoms with Gasteiger partial charge in [0.1, 0.15) is 5.75 Å². The van der Waals surface area contributed by atoms with Gasteiger partial charge >= 0.3 is 0 Å². The first-order valence-electron chi connectivity index (χ1n) is 4.73. The molecule has 14 heavy (non-hydrogen) atoms. The molecule has 1 aromatic rings. The Morgan fingerprint density at radius 3 is 2.29 bits per heavy atom. The molecule has 0 bridgehead atoms. The maximum absolute atomic E-state index is 9.14. The fraction of sp³-hybridized carbons (Fsp3) is 0.455. The Morgan fingerprint density at radius 2 is 1.86 bits per heavy atom. The Balaban J connectivity index is 2.94. The van der Waals surface area contributed by atoms with Crippen molar-refractivity contribution in [3.8, 4) is 5.75 Å². The van der Waals surface area contributed by atoms with Crippen molar-refractivity contribution in [2.24, 2.45) is 5.73 Å². The van der Waals surface area contributed by atoms with Crippen molar-refractivity contribution in [2.45, 2.75) is 18.8 Å². The molecule has 78 valence electrons. The highest BCUT2D eigenvalue weighted by Gasteiger charge is 2.23. The summed E-state index contributed by atoms with van der Waals surface area (Å²) in [6, 6.07) is 6.97. The van der Waals surface area contributed by atoms with Crippen LogP contribution in [-0.2, 0) is 5.41 Å². The summed E-state index contributed by atoms with van der Waals surface area (Å²) >= 11 is 0. The number of phenolic OH excluding ortho intramolecular Hbond substituents is 1. The molecule has 3 nitrogen and oxygen atoms in total. The van der Waals surface area contributed by atoms with Gasteiger partial charge in [0.2, 0.25) is 0 Å². The van der Waals surface area contributed by atoms with Gasteiger partial charge in [-0.25, -0.2) is 0 Å². The zero-order valence-corrected chi connectivity index (χ0v) is 8.40. The lowest BCUT2D eigenvalue weighted by Gasteiger charge is -2.27. The van der Waals surface area contributed by atoms with Gasteiger partial charge in [0, 0.05) is 18.6 Å². The third-order valence-electron chi connectivity index (χ3n) is 2.68. The monoisotopic (exact) mass is 195 g/mol. The van der Waals surface area contributed by atoms with Gasteiger partial charge in [0.05, 0.1) is 0 Å². The average Bonchev–Trinajstić information content (AvgIpc) is 2.19. The zero-order chi connectivity index (χ0) is 10.6. The molecule has 0 heterocycles. The number of aliphatic hydroxyl groups is 1. The van der Waals surface area contributed by atoms with Crippen LogP contribution in [0.25, 0.3) is 0 Å². The molecule has 0 saturated carbocycles. The Bertz CT molecular complexity index is 284. The lowest BCUT2D eigenvalue weighted by molar-refractivity contribution is 0.247. The second-order valence-corrected chi connectivity index (χ2v) is 3.79. The van der Waals surface area contributed by atoms with E-state index in [1.54, 1.807) is 12.1 Å². The summed E-state index contributed by atoms with van der Waals surface area (Å²) in [6.45, 7) is 2.61. The molecule has 0 aliphatic heterocycles. The Morgan fingerprint density at radius 1 is 1.29 bits per heavy atom. The molecule has 4 N–H and O–H groups in total. The lowest BCUT2D eigenvalue weighted by atomic mass is 9.80. The minimum atomic E-state index is -0.206. The highest BCUT2D eigenvalue weighted by molar-refractivity contribution is 5.31. The SMILES string of the molecule is CC(CN)(CCO)c1ccc(O)cc1. The first-order valence-corrected chi connectivity index (χ1v) is 4.73. The van der Waals surface area contributed by atoms with Crippen LogP contribution in [0.2, 0.25) is 0 Å². The van der Waals surface area contributed by atoms with Crippen molar-refractivity contribution < 1.29 is 10.2 Å². The van der Waals surface area contributed by atoms with E-state index in [0.29, 0.717) is 13.0 Å². The smallest absolute Gasteiger partial charge is 0.115 e. The number of rotatable bonds is 4. The van der Waals surface area contributed by atoms with Crippen LogP contribution >= 0.6 is 0 Å². The van der Waals surface area contributed by atoms with E-state index >= 15 is 0 Å². The van der Waals surface area contributed by atoms with Crippen molar-refractivity contribution in [3.63, 3.8) is 0 Å². The van der Waals surface area contributed by atoms with E-state index in [-0.39, 0.29) is 17.8 Å². The van der Waals surface area contributed by atoms with Crippen LogP contribution in [-0.4, -0.2) is 23.4 Å². The number of hydrogen-bond acceptors (Lipinski definition) is 3. The van der Waals surface area contributed by atoms with Crippen molar-refractivity contribution >= 4 is 0 Å². The molecule has 0 radical (unpaired) electrons. The third-order valence-corrected chi connectivity index (χ3v) is 2.68. The summed E-state index contributed by atoms with van der Waals surface area (Å²) in [7, 11) is 0. The van der Waals surface area contributed by atoms with E-state index in [1.807, 2.05) is 19.1 Å². The first-order chi connectivity index (χ1) is 6.62. The van der Waals surface area contributed by atoms with Crippen molar-refractivity contribution in [3.05, 3.63) is 29.8 Å². The van der Waals surface area contributed by atoms with E-state index in [4.69, 9.17) is 15.9 Å². The maximum atomic E-state index is 9.14. The fourth-order valence-corrected chi connectivity index (χ4v) is 1.47. The summed E-state index contributed by atoms with van der Waals surface area (Å²) in [6.07, 6.45) is 0.633. The molecule has 1 aromatic carbocycles. The zero-order valence-electron chi connectivity index (χ0n) is 8.40. The molecule has 0 spiro atoms. The molecule has 3 heteroatoms. The second-order valence-electron chi connectivity index (χ2n) is 3.79. The molecule has 0 fully saturated rings. The van der Waals surface area contributed by atoms with Gasteiger partial charge in [-0.05, 0) is 24.1 Å². The van der Waals surface area contributed by atoms with Gasteiger partial charge in [0.15, 0.2) is 0 Å². The van der Waals surface area contributed by atoms with Crippen LogP contribution < -0.4 is 5.73 Å². The van der Waals surface area contributed by atoms with Crippen LogP contribution in [0.15, 0.2) is 24.3 Å². The predicted octanol–water partition coefficient (Wildman–Crippen LogP) is 0.991. The number of phenols is 1. The van der Waals surface area contributed by atoms with Crippen LogP contribution in [0.3, 0.4) is 0 Å². The van der Waals surface area contributed by atoms with Crippen LogP contribution in [0.4, 0.5) is 0 Å². The molecule has 0 aliphatic rings. The summed E-state index contributed by atoms with van der Waals surface area (Å²) in [5.41, 5.74) is 6.53. The predicted molar refractivity (Wildman–Crippen MR) is 56.2 cm³/mol. The quantitative estimate of drug-likeness (QED) is 0.671. The number of nitrogens with two attached hydrogens (primary N) is 1. The number of aromatic hydroxyl groups is 1. The average molecular weight is 195 g/mol. The highest BCUT2D eigenvalue weighted by Crippen LogP contribution is 2.27. The summed E-state index contributed by atoms with van der Waals surface area (Å²) in [4.78, 5) is 0. The highest BCUT2D eigenvalue weighted by atomic mass is 16.3. The molecule has 0 aliphatic carbocycles. The van der Waals surface area contributed by atoms with Gasteiger partial charge in [-0.3, -0.25) is 0 Å². The largest absolute Gasteiger partial charge is 0.508 e. The van der Waals surface area contributed by atoms with Gasteiger partial charge in [-0.15, -0.1) is 0 Å². The van der Waals surface area contributed by atoms with E-state index in [0.717, 1.165) is 5.56 Å². The van der Waals surface area contributed by atoms with Gasteiger partial charge < -0.3 is 15.9 Å². The molecule has 1 rings (SSSR count). The molecule has 1 atom stereocenters. The van der Waals surface area contributed by atoms with Crippen LogP contribution in [0.1, 0.15) is 18.9 Å². The lowest BCUT2D eigenvalue weighted by Crippen LogP contribution is -2.32. The Kier molecular flexibility index (Phi) is 3.49. The molecular formula is C11H17NO2. The van der Waals surface area contributed by atoms with E-state index < -0.39 is 0 Å². The van der Waals surface area contributed by atoms with Gasteiger partial charge in [0.25, 0.3) is 0 Å². The minimum Gasteiger partial charge on any atom is -0.508 e. The molecule has 0 amide bonds. The minimum absolute atomic E-state index is 0.120. The standard InChI is InChI=1S/C11H17NO2/c1-11(8-12,6-7-13)9-2-4-10(14)5-3-9/h2-5,13-14H,6-8,12H2,1H3. The number of benzene rings is 1. The van der Waals surface area contributed by atoms with Crippen molar-refractivity contribution in [1.82, 2.24) is 0 Å². The molecule has 1 unspecified atom stereocenters. The summed E-state index contributed by atoms with van der Waals surface area (Å²) < 4.78 is 0. The first kappa shape index (κ1) is 11.0. The molecule has 0 saturated heterocycles. The normalized spacial score (nSPS) is 15.1. The van der Waals surface area contributed by atoms with Gasteiger partial charge in [-0.2, -0.15) is 0 Å². The number of aliphatic hydroxyl groups excluding tert-OH is 1. The van der Waals surface area contributed by atoms with Crippen molar-refractivity contribution in [2.75, 3.05) is 13.2 Å². The van der Waals surface area contributed by atoms with Crippen LogP contribution in [0.5, 0.6) is 5.75 Å². The fourth-order valence-electron chi connectivity index (χ4n) is 1.47. The topological polar surface area (TPSA) is 66.5 Å². The van der Waals surface area contributed by atoms with Crippen LogP contribution in [0, 0.1) is 0 Å². The Labute approximate surface area is 84.2 Å². The maximum Gasteiger partial charge on any atom is 0.115 e. The number of hydrogen-bond donors (Lipinski definition) is 3. The Hall–Kier alpha value is -1.06. The van der Waals surface area contributed by atoms with E-state index in [2.05, 4.69) is 0 Å². The second kappa shape index (κ2) is 4.44. The molecule has 0 aromatic heterocycles. The van der Waals surface area contributed by atoms with E-state index in [1.165, 1.54) is 0 Å². The molecular weight excluding hydrogens is 178 g/mol. The van der Waals surface area contributed by atoms with E-state index in [9.17, 15) is 0 Å².